The first kappa shape index (κ1) is 21.8. The first-order chi connectivity index (χ1) is 15.2. The van der Waals surface area contributed by atoms with Crippen molar-refractivity contribution in [2.75, 3.05) is 26.2 Å². The molecule has 0 spiro atoms. The van der Waals surface area contributed by atoms with Gasteiger partial charge in [-0.25, -0.2) is 0 Å². The minimum Gasteiger partial charge on any atom is -0.357 e. The van der Waals surface area contributed by atoms with Crippen LogP contribution in [0.5, 0.6) is 0 Å². The summed E-state index contributed by atoms with van der Waals surface area (Å²) in [7, 11) is 0. The van der Waals surface area contributed by atoms with E-state index in [1.807, 2.05) is 19.1 Å². The van der Waals surface area contributed by atoms with Gasteiger partial charge in [-0.2, -0.15) is 4.98 Å². The molecular formula is C24H36N6O. The van der Waals surface area contributed by atoms with Crippen molar-refractivity contribution in [2.45, 2.75) is 70.9 Å². The summed E-state index contributed by atoms with van der Waals surface area (Å²) in [6.45, 7) is 8.14. The van der Waals surface area contributed by atoms with Crippen molar-refractivity contribution in [3.63, 3.8) is 0 Å². The average molecular weight is 425 g/mol. The monoisotopic (exact) mass is 424 g/mol. The molecule has 1 unspecified atom stereocenters. The second-order valence-corrected chi connectivity index (χ2v) is 8.64. The highest BCUT2D eigenvalue weighted by atomic mass is 16.5. The Balaban J connectivity index is 1.27. The lowest BCUT2D eigenvalue weighted by Crippen LogP contribution is -2.45. The quantitative estimate of drug-likeness (QED) is 0.499. The third kappa shape index (κ3) is 5.85. The number of hydrogen-bond acceptors (Lipinski definition) is 5. The fourth-order valence-electron chi connectivity index (χ4n) is 4.65. The lowest BCUT2D eigenvalue weighted by Gasteiger charge is -2.24. The number of aromatic nitrogens is 2. The first-order valence-corrected chi connectivity index (χ1v) is 12.0. The molecule has 2 N–H and O–H groups in total. The van der Waals surface area contributed by atoms with Crippen LogP contribution in [-0.4, -0.2) is 59.3 Å². The Morgan fingerprint density at radius 1 is 1.16 bits per heavy atom. The molecule has 7 nitrogen and oxygen atoms in total. The van der Waals surface area contributed by atoms with Gasteiger partial charge in [0.05, 0.1) is 0 Å². The van der Waals surface area contributed by atoms with Crippen molar-refractivity contribution in [3.05, 3.63) is 35.7 Å². The van der Waals surface area contributed by atoms with Crippen LogP contribution in [-0.2, 0) is 12.8 Å². The number of nitrogens with one attached hydrogen (secondary N) is 2. The number of rotatable bonds is 8. The number of aryl methyl sites for hydroxylation is 1. The fraction of sp³-hybridized carbons (Fsp3) is 0.625. The van der Waals surface area contributed by atoms with Gasteiger partial charge in [0.25, 0.3) is 5.89 Å². The zero-order valence-electron chi connectivity index (χ0n) is 18.9. The van der Waals surface area contributed by atoms with Gasteiger partial charge >= 0.3 is 0 Å². The Labute approximate surface area is 185 Å². The van der Waals surface area contributed by atoms with Gasteiger partial charge in [0.1, 0.15) is 0 Å². The van der Waals surface area contributed by atoms with Gasteiger partial charge in [-0.05, 0) is 50.3 Å². The molecule has 0 radical (unpaired) electrons. The highest BCUT2D eigenvalue weighted by molar-refractivity contribution is 5.80. The summed E-state index contributed by atoms with van der Waals surface area (Å²) in [5.74, 6) is 2.27. The first-order valence-electron chi connectivity index (χ1n) is 12.0. The van der Waals surface area contributed by atoms with Gasteiger partial charge in [-0.1, -0.05) is 37.1 Å². The van der Waals surface area contributed by atoms with Crippen LogP contribution in [0, 0.1) is 0 Å². The van der Waals surface area contributed by atoms with Crippen LogP contribution in [0.25, 0.3) is 11.5 Å². The zero-order valence-corrected chi connectivity index (χ0v) is 18.9. The normalized spacial score (nSPS) is 20.5. The number of aliphatic imine (C=N–C) groups is 1. The van der Waals surface area contributed by atoms with Crippen molar-refractivity contribution in [3.8, 4) is 11.5 Å². The molecule has 7 heteroatoms. The van der Waals surface area contributed by atoms with Crippen molar-refractivity contribution in [1.29, 1.82) is 0 Å². The van der Waals surface area contributed by atoms with Gasteiger partial charge in [-0.15, -0.1) is 0 Å². The SMILES string of the molecule is CCNC(=NCCc1ccc(-c2nc(CC)no2)cc1)NC1CCN(C2CCCC2)C1. The van der Waals surface area contributed by atoms with Crippen molar-refractivity contribution < 1.29 is 4.52 Å². The lowest BCUT2D eigenvalue weighted by atomic mass is 10.1. The second kappa shape index (κ2) is 10.8. The molecule has 1 aromatic carbocycles. The average Bonchev–Trinajstić information content (AvgIpc) is 3.55. The van der Waals surface area contributed by atoms with Crippen LogP contribution in [0.3, 0.4) is 0 Å². The molecular weight excluding hydrogens is 388 g/mol. The molecule has 4 rings (SSSR count). The predicted octanol–water partition coefficient (Wildman–Crippen LogP) is 3.41. The Morgan fingerprint density at radius 3 is 2.68 bits per heavy atom. The molecule has 2 heterocycles. The third-order valence-corrected chi connectivity index (χ3v) is 6.40. The number of hydrogen-bond donors (Lipinski definition) is 2. The van der Waals surface area contributed by atoms with Gasteiger partial charge in [-0.3, -0.25) is 9.89 Å². The zero-order chi connectivity index (χ0) is 21.5. The summed E-state index contributed by atoms with van der Waals surface area (Å²) in [5.41, 5.74) is 2.22. The summed E-state index contributed by atoms with van der Waals surface area (Å²) in [4.78, 5) is 11.9. The van der Waals surface area contributed by atoms with Crippen LogP contribution in [0.1, 0.15) is 57.3 Å². The van der Waals surface area contributed by atoms with E-state index in [-0.39, 0.29) is 0 Å². The van der Waals surface area contributed by atoms with Crippen LogP contribution in [0.15, 0.2) is 33.8 Å². The molecule has 2 fully saturated rings. The van der Waals surface area contributed by atoms with Gasteiger partial charge in [0.2, 0.25) is 0 Å². The minimum atomic E-state index is 0.500. The molecule has 1 saturated carbocycles. The minimum absolute atomic E-state index is 0.500. The van der Waals surface area contributed by atoms with Crippen LogP contribution < -0.4 is 10.6 Å². The van der Waals surface area contributed by atoms with E-state index in [9.17, 15) is 0 Å². The molecule has 1 atom stereocenters. The Morgan fingerprint density at radius 2 is 1.97 bits per heavy atom. The van der Waals surface area contributed by atoms with Crippen LogP contribution in [0.2, 0.25) is 0 Å². The van der Waals surface area contributed by atoms with E-state index >= 15 is 0 Å². The predicted molar refractivity (Wildman–Crippen MR) is 124 cm³/mol. The summed E-state index contributed by atoms with van der Waals surface area (Å²) >= 11 is 0. The lowest BCUT2D eigenvalue weighted by molar-refractivity contribution is 0.242. The third-order valence-electron chi connectivity index (χ3n) is 6.40. The Hall–Kier alpha value is -2.41. The molecule has 1 saturated heterocycles. The highest BCUT2D eigenvalue weighted by Gasteiger charge is 2.30. The second-order valence-electron chi connectivity index (χ2n) is 8.64. The molecule has 2 aliphatic rings. The van der Waals surface area contributed by atoms with Crippen molar-refractivity contribution in [1.82, 2.24) is 25.7 Å². The Kier molecular flexibility index (Phi) is 7.57. The van der Waals surface area contributed by atoms with E-state index in [4.69, 9.17) is 9.52 Å². The van der Waals surface area contributed by atoms with E-state index in [2.05, 4.69) is 44.7 Å². The summed E-state index contributed by atoms with van der Waals surface area (Å²) in [5, 5.41) is 11.0. The molecule has 168 valence electrons. The molecule has 1 aliphatic heterocycles. The number of benzene rings is 1. The standard InChI is InChI=1S/C24H36N6O/c1-3-22-28-23(31-29-22)19-11-9-18(10-12-19)13-15-26-24(25-4-2)27-20-14-16-30(17-20)21-7-5-6-8-21/h9-12,20-21H,3-8,13-17H2,1-2H3,(H2,25,26,27). The maximum Gasteiger partial charge on any atom is 0.257 e. The van der Waals surface area contributed by atoms with Crippen molar-refractivity contribution in [2.24, 2.45) is 4.99 Å². The smallest absolute Gasteiger partial charge is 0.257 e. The van der Waals surface area contributed by atoms with Gasteiger partial charge in [0.15, 0.2) is 11.8 Å². The highest BCUT2D eigenvalue weighted by Crippen LogP contribution is 2.26. The fourth-order valence-corrected chi connectivity index (χ4v) is 4.65. The molecule has 1 aliphatic carbocycles. The van der Waals surface area contributed by atoms with Crippen LogP contribution >= 0.6 is 0 Å². The van der Waals surface area contributed by atoms with Crippen molar-refractivity contribution >= 4 is 5.96 Å². The van der Waals surface area contributed by atoms with E-state index < -0.39 is 0 Å². The molecule has 0 bridgehead atoms. The Bertz CT molecular complexity index is 840. The summed E-state index contributed by atoms with van der Waals surface area (Å²) in [6.07, 6.45) is 8.45. The maximum absolute atomic E-state index is 5.32. The van der Waals surface area contributed by atoms with E-state index in [0.717, 1.165) is 55.9 Å². The molecule has 1 aromatic heterocycles. The number of likely N-dealkylation sites (tertiary alicyclic amines) is 1. The van der Waals surface area contributed by atoms with Gasteiger partial charge in [0, 0.05) is 50.2 Å². The van der Waals surface area contributed by atoms with E-state index in [1.54, 1.807) is 0 Å². The number of nitrogens with zero attached hydrogens (tertiary/aromatic N) is 4. The van der Waals surface area contributed by atoms with E-state index in [0.29, 0.717) is 11.9 Å². The molecule has 31 heavy (non-hydrogen) atoms. The molecule has 2 aromatic rings. The molecule has 0 amide bonds. The van der Waals surface area contributed by atoms with Gasteiger partial charge < -0.3 is 15.2 Å². The topological polar surface area (TPSA) is 78.6 Å². The maximum atomic E-state index is 5.32. The summed E-state index contributed by atoms with van der Waals surface area (Å²) in [6, 6.07) is 9.65. The number of guanidine groups is 1. The largest absolute Gasteiger partial charge is 0.357 e. The summed E-state index contributed by atoms with van der Waals surface area (Å²) < 4.78 is 5.32. The van der Waals surface area contributed by atoms with Crippen LogP contribution in [0.4, 0.5) is 0 Å². The van der Waals surface area contributed by atoms with E-state index in [1.165, 1.54) is 44.2 Å².